The van der Waals surface area contributed by atoms with Crippen LogP contribution in [-0.2, 0) is 0 Å². The third kappa shape index (κ3) is 4.01. The Morgan fingerprint density at radius 1 is 0.952 bits per heavy atom. The van der Waals surface area contributed by atoms with Crippen LogP contribution in [0.3, 0.4) is 0 Å². The van der Waals surface area contributed by atoms with Crippen molar-refractivity contribution >= 4 is 0 Å². The van der Waals surface area contributed by atoms with E-state index in [0.717, 1.165) is 30.0 Å². The molecule has 4 atom stereocenters. The van der Waals surface area contributed by atoms with Crippen LogP contribution in [0.5, 0.6) is 0 Å². The van der Waals surface area contributed by atoms with Crippen molar-refractivity contribution < 1.29 is 0 Å². The second-order valence-electron chi connectivity index (χ2n) is 8.16. The molecule has 2 saturated carbocycles. The van der Waals surface area contributed by atoms with Crippen LogP contribution in [0.1, 0.15) is 78.1 Å². The summed E-state index contributed by atoms with van der Waals surface area (Å²) >= 11 is 0. The molecule has 3 rings (SSSR count). The number of nitrogens with zero attached hydrogens (tertiary/aromatic N) is 1. The second-order valence-corrected chi connectivity index (χ2v) is 8.16. The number of piperidine rings is 1. The van der Waals surface area contributed by atoms with Crippen LogP contribution >= 0.6 is 0 Å². The highest BCUT2D eigenvalue weighted by Crippen LogP contribution is 2.35. The van der Waals surface area contributed by atoms with Crippen LogP contribution in [-0.4, -0.2) is 36.1 Å². The van der Waals surface area contributed by atoms with Gasteiger partial charge in [0.1, 0.15) is 0 Å². The quantitative estimate of drug-likeness (QED) is 0.817. The van der Waals surface area contributed by atoms with Crippen molar-refractivity contribution in [2.24, 2.45) is 11.8 Å². The topological polar surface area (TPSA) is 15.3 Å². The fraction of sp³-hybridized carbons (Fsp3) is 1.00. The zero-order valence-corrected chi connectivity index (χ0v) is 14.3. The van der Waals surface area contributed by atoms with Crippen molar-refractivity contribution in [1.82, 2.24) is 10.2 Å². The van der Waals surface area contributed by atoms with E-state index < -0.39 is 0 Å². The number of rotatable bonds is 5. The molecule has 4 unspecified atom stereocenters. The first-order valence-corrected chi connectivity index (χ1v) is 9.76. The molecule has 3 fully saturated rings. The van der Waals surface area contributed by atoms with E-state index in [1.165, 1.54) is 77.3 Å². The van der Waals surface area contributed by atoms with E-state index in [0.29, 0.717) is 0 Å². The molecule has 21 heavy (non-hydrogen) atoms. The molecule has 0 spiro atoms. The van der Waals surface area contributed by atoms with Gasteiger partial charge in [-0.25, -0.2) is 0 Å². The maximum Gasteiger partial charge on any atom is 0.0200 e. The van der Waals surface area contributed by atoms with E-state index in [2.05, 4.69) is 24.1 Å². The third-order valence-corrected chi connectivity index (χ3v) is 6.38. The van der Waals surface area contributed by atoms with Gasteiger partial charge in [0, 0.05) is 31.2 Å². The zero-order chi connectivity index (χ0) is 14.7. The van der Waals surface area contributed by atoms with E-state index in [1.54, 1.807) is 0 Å². The van der Waals surface area contributed by atoms with E-state index >= 15 is 0 Å². The van der Waals surface area contributed by atoms with Gasteiger partial charge in [-0.05, 0) is 50.4 Å². The Kier molecular flexibility index (Phi) is 5.61. The molecule has 3 aliphatic rings. The zero-order valence-electron chi connectivity index (χ0n) is 14.3. The Labute approximate surface area is 132 Å². The minimum Gasteiger partial charge on any atom is -0.310 e. The standard InChI is InChI=1S/C19H36N2/c1-3-7-16-12-18(20-17-8-5-4-6-9-17)14-21(13-16)19-11-10-15(19)2/h15-20H,3-14H2,1-2H3. The van der Waals surface area contributed by atoms with Gasteiger partial charge in [0.25, 0.3) is 0 Å². The third-order valence-electron chi connectivity index (χ3n) is 6.38. The van der Waals surface area contributed by atoms with E-state index in [-0.39, 0.29) is 0 Å². The summed E-state index contributed by atoms with van der Waals surface area (Å²) in [5.41, 5.74) is 0. The highest BCUT2D eigenvalue weighted by atomic mass is 15.2. The summed E-state index contributed by atoms with van der Waals surface area (Å²) in [6.07, 6.45) is 14.3. The average Bonchev–Trinajstić information content (AvgIpc) is 2.47. The average molecular weight is 293 g/mol. The van der Waals surface area contributed by atoms with Crippen LogP contribution in [0.25, 0.3) is 0 Å². The van der Waals surface area contributed by atoms with Crippen molar-refractivity contribution in [3.8, 4) is 0 Å². The number of nitrogens with one attached hydrogen (secondary N) is 1. The number of hydrogen-bond donors (Lipinski definition) is 1. The SMILES string of the molecule is CCCC1CC(NC2CCCCC2)CN(C2CCC2C)C1. The molecule has 2 nitrogen and oxygen atoms in total. The maximum absolute atomic E-state index is 4.05. The summed E-state index contributed by atoms with van der Waals surface area (Å²) in [5, 5.41) is 4.05. The molecule has 0 aromatic rings. The Morgan fingerprint density at radius 2 is 1.76 bits per heavy atom. The lowest BCUT2D eigenvalue weighted by Gasteiger charge is -2.49. The summed E-state index contributed by atoms with van der Waals surface area (Å²) < 4.78 is 0. The minimum atomic E-state index is 0.770. The predicted molar refractivity (Wildman–Crippen MR) is 90.6 cm³/mol. The monoisotopic (exact) mass is 292 g/mol. The normalized spacial score (nSPS) is 39.1. The van der Waals surface area contributed by atoms with E-state index in [9.17, 15) is 0 Å². The first kappa shape index (κ1) is 15.8. The van der Waals surface area contributed by atoms with Crippen LogP contribution in [0.4, 0.5) is 0 Å². The predicted octanol–water partition coefficient (Wildman–Crippen LogP) is 4.20. The molecular formula is C19H36N2. The van der Waals surface area contributed by atoms with Gasteiger partial charge in [0.2, 0.25) is 0 Å². The minimum absolute atomic E-state index is 0.770. The van der Waals surface area contributed by atoms with Crippen molar-refractivity contribution in [3.63, 3.8) is 0 Å². The highest BCUT2D eigenvalue weighted by molar-refractivity contribution is 4.93. The summed E-state index contributed by atoms with van der Waals surface area (Å²) in [6.45, 7) is 7.52. The van der Waals surface area contributed by atoms with Gasteiger partial charge in [-0.15, -0.1) is 0 Å². The van der Waals surface area contributed by atoms with E-state index in [1.807, 2.05) is 0 Å². The molecule has 2 aliphatic carbocycles. The molecule has 2 heteroatoms. The van der Waals surface area contributed by atoms with Gasteiger partial charge >= 0.3 is 0 Å². The molecule has 0 amide bonds. The van der Waals surface area contributed by atoms with Crippen LogP contribution in [0, 0.1) is 11.8 Å². The summed E-state index contributed by atoms with van der Waals surface area (Å²) in [6, 6.07) is 2.50. The lowest BCUT2D eigenvalue weighted by atomic mass is 9.77. The van der Waals surface area contributed by atoms with Crippen LogP contribution in [0.2, 0.25) is 0 Å². The van der Waals surface area contributed by atoms with Crippen molar-refractivity contribution in [2.45, 2.75) is 96.2 Å². The van der Waals surface area contributed by atoms with E-state index in [4.69, 9.17) is 0 Å². The maximum atomic E-state index is 4.05. The molecule has 122 valence electrons. The highest BCUT2D eigenvalue weighted by Gasteiger charge is 2.37. The lowest BCUT2D eigenvalue weighted by Crippen LogP contribution is -2.58. The molecule has 0 bridgehead atoms. The van der Waals surface area contributed by atoms with Gasteiger partial charge in [-0.1, -0.05) is 39.5 Å². The molecule has 1 heterocycles. The number of likely N-dealkylation sites (tertiary alicyclic amines) is 1. The molecular weight excluding hydrogens is 256 g/mol. The summed E-state index contributed by atoms with van der Waals surface area (Å²) in [7, 11) is 0. The van der Waals surface area contributed by atoms with Crippen LogP contribution < -0.4 is 5.32 Å². The Bertz CT molecular complexity index is 311. The largest absolute Gasteiger partial charge is 0.310 e. The smallest absolute Gasteiger partial charge is 0.0200 e. The molecule has 1 N–H and O–H groups in total. The molecule has 0 radical (unpaired) electrons. The Balaban J connectivity index is 1.56. The van der Waals surface area contributed by atoms with Crippen molar-refractivity contribution in [1.29, 1.82) is 0 Å². The first-order chi connectivity index (χ1) is 10.3. The fourth-order valence-electron chi connectivity index (χ4n) is 5.04. The lowest BCUT2D eigenvalue weighted by molar-refractivity contribution is 0.0183. The van der Waals surface area contributed by atoms with Gasteiger partial charge in [0.05, 0.1) is 0 Å². The first-order valence-electron chi connectivity index (χ1n) is 9.76. The molecule has 1 aliphatic heterocycles. The second kappa shape index (κ2) is 7.46. The van der Waals surface area contributed by atoms with Gasteiger partial charge in [-0.2, -0.15) is 0 Å². The molecule has 1 saturated heterocycles. The van der Waals surface area contributed by atoms with Gasteiger partial charge in [-0.3, -0.25) is 4.90 Å². The van der Waals surface area contributed by atoms with Crippen molar-refractivity contribution in [3.05, 3.63) is 0 Å². The summed E-state index contributed by atoms with van der Waals surface area (Å²) in [4.78, 5) is 2.86. The number of hydrogen-bond acceptors (Lipinski definition) is 2. The van der Waals surface area contributed by atoms with Gasteiger partial charge in [0.15, 0.2) is 0 Å². The van der Waals surface area contributed by atoms with Gasteiger partial charge < -0.3 is 5.32 Å². The van der Waals surface area contributed by atoms with Crippen molar-refractivity contribution in [2.75, 3.05) is 13.1 Å². The fourth-order valence-corrected chi connectivity index (χ4v) is 5.04. The van der Waals surface area contributed by atoms with Crippen LogP contribution in [0.15, 0.2) is 0 Å². The Morgan fingerprint density at radius 3 is 2.38 bits per heavy atom. The molecule has 0 aromatic carbocycles. The Hall–Kier alpha value is -0.0800. The molecule has 0 aromatic heterocycles. The summed E-state index contributed by atoms with van der Waals surface area (Å²) in [5.74, 6) is 1.89.